The lowest BCUT2D eigenvalue weighted by atomic mass is 9.79. The van der Waals surface area contributed by atoms with Gasteiger partial charge >= 0.3 is 0 Å². The summed E-state index contributed by atoms with van der Waals surface area (Å²) in [6, 6.07) is 23.5. The van der Waals surface area contributed by atoms with Crippen LogP contribution in [0.5, 0.6) is 0 Å². The van der Waals surface area contributed by atoms with Gasteiger partial charge in [-0.2, -0.15) is 0 Å². The number of halogens is 3. The van der Waals surface area contributed by atoms with Crippen molar-refractivity contribution in [2.75, 3.05) is 52.4 Å². The van der Waals surface area contributed by atoms with Gasteiger partial charge in [-0.1, -0.05) is 54.6 Å². The van der Waals surface area contributed by atoms with Crippen LogP contribution in [0.1, 0.15) is 50.2 Å². The number of piperazine rings is 1. The van der Waals surface area contributed by atoms with Crippen LogP contribution < -0.4 is 0 Å². The monoisotopic (exact) mass is 581 g/mol. The van der Waals surface area contributed by atoms with Gasteiger partial charge in [0.05, 0.1) is 0 Å². The van der Waals surface area contributed by atoms with E-state index in [9.17, 15) is 8.78 Å². The molecule has 2 saturated heterocycles. The van der Waals surface area contributed by atoms with Crippen molar-refractivity contribution in [3.8, 4) is 11.1 Å². The molecule has 0 spiro atoms. The fourth-order valence-corrected chi connectivity index (χ4v) is 6.73. The first-order chi connectivity index (χ1) is 19.5. The third kappa shape index (κ3) is 8.38. The third-order valence-electron chi connectivity index (χ3n) is 9.20. The first kappa shape index (κ1) is 31.6. The summed E-state index contributed by atoms with van der Waals surface area (Å²) >= 11 is 0. The maximum Gasteiger partial charge on any atom is 0.127 e. The number of nitrogens with zero attached hydrogens (tertiary/aromatic N) is 3. The molecule has 0 amide bonds. The zero-order chi connectivity index (χ0) is 27.9. The number of hydrogen-bond acceptors (Lipinski definition) is 3. The van der Waals surface area contributed by atoms with Crippen molar-refractivity contribution in [1.82, 2.24) is 14.7 Å². The standard InChI is InChI=1S/C35H45F2N3.ClH/c1-27(2)40-20-17-30(18-21-40)34(29-13-15-31(36)16-14-29)26-39-24-22-38(23-25-39)19-7-11-33-32(10-6-12-35(33)37)28-8-4-3-5-9-28;/h3-6,8-10,12-16,27,30,34H,7,11,17-26H2,1-2H3;1H. The molecule has 0 N–H and O–H groups in total. The molecule has 0 saturated carbocycles. The molecule has 2 fully saturated rings. The summed E-state index contributed by atoms with van der Waals surface area (Å²) < 4.78 is 28.5. The topological polar surface area (TPSA) is 9.72 Å². The number of likely N-dealkylation sites (tertiary alicyclic amines) is 1. The van der Waals surface area contributed by atoms with E-state index in [0.29, 0.717) is 17.9 Å². The molecule has 1 unspecified atom stereocenters. The van der Waals surface area contributed by atoms with Crippen molar-refractivity contribution in [3.05, 3.63) is 95.6 Å². The maximum absolute atomic E-state index is 14.8. The molecule has 0 bridgehead atoms. The summed E-state index contributed by atoms with van der Waals surface area (Å²) in [6.45, 7) is 13.1. The molecule has 2 heterocycles. The second kappa shape index (κ2) is 15.2. The van der Waals surface area contributed by atoms with E-state index in [1.54, 1.807) is 18.2 Å². The Morgan fingerprint density at radius 2 is 1.41 bits per heavy atom. The number of piperidine rings is 1. The summed E-state index contributed by atoms with van der Waals surface area (Å²) in [4.78, 5) is 7.73. The highest BCUT2D eigenvalue weighted by atomic mass is 35.5. The molecule has 3 nitrogen and oxygen atoms in total. The second-order valence-electron chi connectivity index (χ2n) is 12.0. The predicted octanol–water partition coefficient (Wildman–Crippen LogP) is 7.51. The molecule has 1 atom stereocenters. The molecule has 0 radical (unpaired) electrons. The Balaban J connectivity index is 0.00000387. The van der Waals surface area contributed by atoms with Gasteiger partial charge in [0.2, 0.25) is 0 Å². The molecular formula is C35H46ClF2N3. The normalized spacial score (nSPS) is 18.4. The summed E-state index contributed by atoms with van der Waals surface area (Å²) in [5.41, 5.74) is 4.21. The fourth-order valence-electron chi connectivity index (χ4n) is 6.73. The van der Waals surface area contributed by atoms with Gasteiger partial charge in [0.25, 0.3) is 0 Å². The van der Waals surface area contributed by atoms with Gasteiger partial charge in [0, 0.05) is 38.8 Å². The summed E-state index contributed by atoms with van der Waals surface area (Å²) in [5.74, 6) is 0.825. The Kier molecular flexibility index (Phi) is 11.8. The van der Waals surface area contributed by atoms with E-state index < -0.39 is 0 Å². The van der Waals surface area contributed by atoms with Crippen molar-refractivity contribution in [2.24, 2.45) is 5.92 Å². The van der Waals surface area contributed by atoms with Crippen LogP contribution in [0, 0.1) is 17.6 Å². The smallest absolute Gasteiger partial charge is 0.127 e. The minimum Gasteiger partial charge on any atom is -0.301 e. The van der Waals surface area contributed by atoms with Crippen molar-refractivity contribution in [1.29, 1.82) is 0 Å². The van der Waals surface area contributed by atoms with E-state index in [0.717, 1.165) is 81.9 Å². The minimum absolute atomic E-state index is 0. The summed E-state index contributed by atoms with van der Waals surface area (Å²) in [6.07, 6.45) is 4.12. The van der Waals surface area contributed by atoms with E-state index in [4.69, 9.17) is 0 Å². The van der Waals surface area contributed by atoms with Crippen LogP contribution in [0.15, 0.2) is 72.8 Å². The SMILES string of the molecule is CC(C)N1CCC(C(CN2CCN(CCCc3c(F)cccc3-c3ccccc3)CC2)c2ccc(F)cc2)CC1.Cl. The van der Waals surface area contributed by atoms with Gasteiger partial charge in [-0.3, -0.25) is 0 Å². The zero-order valence-corrected chi connectivity index (χ0v) is 25.5. The Labute approximate surface area is 252 Å². The van der Waals surface area contributed by atoms with E-state index in [2.05, 4.69) is 40.7 Å². The van der Waals surface area contributed by atoms with Gasteiger partial charge in [0.1, 0.15) is 11.6 Å². The minimum atomic E-state index is -0.156. The Hall–Kier alpha value is -2.31. The zero-order valence-electron chi connectivity index (χ0n) is 24.7. The highest BCUT2D eigenvalue weighted by Gasteiger charge is 2.31. The first-order valence-electron chi connectivity index (χ1n) is 15.2. The van der Waals surface area contributed by atoms with Crippen LogP contribution >= 0.6 is 12.4 Å². The molecule has 3 aromatic rings. The lowest BCUT2D eigenvalue weighted by molar-refractivity contribution is 0.0968. The van der Waals surface area contributed by atoms with Crippen molar-refractivity contribution >= 4 is 12.4 Å². The van der Waals surface area contributed by atoms with E-state index >= 15 is 0 Å². The first-order valence-corrected chi connectivity index (χ1v) is 15.2. The Bertz CT molecular complexity index is 1190. The number of rotatable bonds is 10. The van der Waals surface area contributed by atoms with Crippen LogP contribution in [-0.4, -0.2) is 73.1 Å². The average Bonchev–Trinajstić information content (AvgIpc) is 2.98. The Morgan fingerprint density at radius 3 is 2.07 bits per heavy atom. The maximum atomic E-state index is 14.8. The summed E-state index contributed by atoms with van der Waals surface area (Å²) in [5, 5.41) is 0. The van der Waals surface area contributed by atoms with Crippen LogP contribution in [0.2, 0.25) is 0 Å². The highest BCUT2D eigenvalue weighted by Crippen LogP contribution is 2.34. The lowest BCUT2D eigenvalue weighted by Crippen LogP contribution is -2.49. The van der Waals surface area contributed by atoms with E-state index in [1.807, 2.05) is 42.5 Å². The van der Waals surface area contributed by atoms with E-state index in [1.165, 1.54) is 18.4 Å². The van der Waals surface area contributed by atoms with Crippen LogP contribution in [0.3, 0.4) is 0 Å². The van der Waals surface area contributed by atoms with Crippen molar-refractivity contribution in [2.45, 2.75) is 51.5 Å². The molecule has 2 aliphatic rings. The van der Waals surface area contributed by atoms with Crippen LogP contribution in [-0.2, 0) is 6.42 Å². The predicted molar refractivity (Wildman–Crippen MR) is 169 cm³/mol. The molecule has 2 aliphatic heterocycles. The summed E-state index contributed by atoms with van der Waals surface area (Å²) in [7, 11) is 0. The lowest BCUT2D eigenvalue weighted by Gasteiger charge is -2.41. The molecule has 3 aromatic carbocycles. The highest BCUT2D eigenvalue weighted by molar-refractivity contribution is 5.85. The van der Waals surface area contributed by atoms with Gasteiger partial charge in [-0.15, -0.1) is 12.4 Å². The molecule has 222 valence electrons. The van der Waals surface area contributed by atoms with E-state index in [-0.39, 0.29) is 24.0 Å². The van der Waals surface area contributed by atoms with Gasteiger partial charge in [-0.05, 0) is 111 Å². The van der Waals surface area contributed by atoms with Gasteiger partial charge in [-0.25, -0.2) is 8.78 Å². The third-order valence-corrected chi connectivity index (χ3v) is 9.20. The van der Waals surface area contributed by atoms with Gasteiger partial charge in [0.15, 0.2) is 0 Å². The van der Waals surface area contributed by atoms with Crippen molar-refractivity contribution < 1.29 is 8.78 Å². The Morgan fingerprint density at radius 1 is 0.756 bits per heavy atom. The van der Waals surface area contributed by atoms with Crippen LogP contribution in [0.4, 0.5) is 8.78 Å². The molecule has 0 aromatic heterocycles. The molecule has 6 heteroatoms. The quantitative estimate of drug-likeness (QED) is 0.245. The number of benzene rings is 3. The number of hydrogen-bond donors (Lipinski definition) is 0. The largest absolute Gasteiger partial charge is 0.301 e. The van der Waals surface area contributed by atoms with Gasteiger partial charge < -0.3 is 14.7 Å². The molecule has 41 heavy (non-hydrogen) atoms. The van der Waals surface area contributed by atoms with Crippen molar-refractivity contribution in [3.63, 3.8) is 0 Å². The second-order valence-corrected chi connectivity index (χ2v) is 12.0. The average molecular weight is 582 g/mol. The fraction of sp³-hybridized carbons (Fsp3) is 0.486. The van der Waals surface area contributed by atoms with Crippen LogP contribution in [0.25, 0.3) is 11.1 Å². The molecular weight excluding hydrogens is 536 g/mol. The molecule has 0 aliphatic carbocycles. The molecule has 5 rings (SSSR count).